The van der Waals surface area contributed by atoms with Gasteiger partial charge in [0.25, 0.3) is 0 Å². The first-order valence-corrected chi connectivity index (χ1v) is 9.11. The van der Waals surface area contributed by atoms with Crippen molar-refractivity contribution in [2.75, 3.05) is 0 Å². The summed E-state index contributed by atoms with van der Waals surface area (Å²) in [5.41, 5.74) is 0.0793. The van der Waals surface area contributed by atoms with Crippen molar-refractivity contribution in [3.05, 3.63) is 0 Å². The van der Waals surface area contributed by atoms with E-state index in [0.717, 1.165) is 41.9 Å². The molecule has 0 saturated heterocycles. The number of carbonyl (C=O) groups excluding carboxylic acids is 1. The molecule has 0 heterocycles. The van der Waals surface area contributed by atoms with Crippen LogP contribution >= 0.6 is 0 Å². The number of hydrogen-bond acceptors (Lipinski definition) is 1. The molecular weight excluding hydrogens is 244 g/mol. The predicted molar refractivity (Wildman–Crippen MR) is 81.3 cm³/mol. The molecule has 4 aliphatic carbocycles. The van der Waals surface area contributed by atoms with Gasteiger partial charge in [0.15, 0.2) is 0 Å². The van der Waals surface area contributed by atoms with Crippen molar-refractivity contribution < 1.29 is 4.79 Å². The summed E-state index contributed by atoms with van der Waals surface area (Å²) in [5, 5.41) is 0. The molecule has 0 aliphatic heterocycles. The lowest BCUT2D eigenvalue weighted by Gasteiger charge is -2.53. The Labute approximate surface area is 123 Å². The van der Waals surface area contributed by atoms with Gasteiger partial charge in [-0.15, -0.1) is 0 Å². The molecule has 0 spiro atoms. The highest BCUT2D eigenvalue weighted by Crippen LogP contribution is 2.60. The molecule has 20 heavy (non-hydrogen) atoms. The highest BCUT2D eigenvalue weighted by molar-refractivity contribution is 5.87. The molecule has 0 aromatic heterocycles. The van der Waals surface area contributed by atoms with Gasteiger partial charge in [-0.3, -0.25) is 4.79 Å². The van der Waals surface area contributed by atoms with Gasteiger partial charge < -0.3 is 0 Å². The smallest absolute Gasteiger partial charge is 0.139 e. The molecule has 0 aromatic rings. The van der Waals surface area contributed by atoms with Crippen molar-refractivity contribution in [3.63, 3.8) is 0 Å². The van der Waals surface area contributed by atoms with Gasteiger partial charge in [-0.1, -0.05) is 20.3 Å². The summed E-state index contributed by atoms with van der Waals surface area (Å²) in [4.78, 5) is 12.3. The fraction of sp³-hybridized carbons (Fsp3) is 0.947. The topological polar surface area (TPSA) is 17.1 Å². The van der Waals surface area contributed by atoms with Crippen LogP contribution in [0.2, 0.25) is 0 Å². The Kier molecular flexibility index (Phi) is 3.06. The van der Waals surface area contributed by atoms with Crippen molar-refractivity contribution in [2.24, 2.45) is 40.9 Å². The summed E-state index contributed by atoms with van der Waals surface area (Å²) in [6, 6.07) is 0. The van der Waals surface area contributed by atoms with E-state index in [1.807, 2.05) is 0 Å². The lowest BCUT2D eigenvalue weighted by atomic mass is 9.51. The Hall–Kier alpha value is -0.330. The standard InChI is InChI=1S/C19H30O/c1-12-3-4-13-11-16-14(10-15(13)9-12)7-8-19(2)17(16)5-6-18(19)20/h12-17H,3-11H2,1-2H3/t12-,13-,14+,15-,16+,17-,19-/m0/s1. The van der Waals surface area contributed by atoms with Gasteiger partial charge >= 0.3 is 0 Å². The third-order valence-corrected chi connectivity index (χ3v) is 7.88. The van der Waals surface area contributed by atoms with Crippen LogP contribution < -0.4 is 0 Å². The van der Waals surface area contributed by atoms with E-state index in [0.29, 0.717) is 5.78 Å². The summed E-state index contributed by atoms with van der Waals surface area (Å²) in [7, 11) is 0. The Bertz CT molecular complexity index is 414. The van der Waals surface area contributed by atoms with E-state index < -0.39 is 0 Å². The summed E-state index contributed by atoms with van der Waals surface area (Å²) in [6.45, 7) is 4.76. The van der Waals surface area contributed by atoms with E-state index >= 15 is 0 Å². The largest absolute Gasteiger partial charge is 0.299 e. The maximum atomic E-state index is 12.3. The quantitative estimate of drug-likeness (QED) is 0.617. The maximum Gasteiger partial charge on any atom is 0.139 e. The fourth-order valence-electron chi connectivity index (χ4n) is 6.68. The molecule has 0 radical (unpaired) electrons. The molecule has 7 atom stereocenters. The van der Waals surface area contributed by atoms with E-state index in [2.05, 4.69) is 13.8 Å². The monoisotopic (exact) mass is 274 g/mol. The SMILES string of the molecule is C[C@H]1CC[C@H]2C[C@@H]3[C@H](CC[C@]4(C)C(=O)CC[C@@H]34)C[C@@H]2C1. The maximum absolute atomic E-state index is 12.3. The number of hydrogen-bond donors (Lipinski definition) is 0. The highest BCUT2D eigenvalue weighted by Gasteiger charge is 2.55. The van der Waals surface area contributed by atoms with Crippen molar-refractivity contribution in [1.29, 1.82) is 0 Å². The zero-order valence-electron chi connectivity index (χ0n) is 13.2. The molecule has 0 aromatic carbocycles. The van der Waals surface area contributed by atoms with E-state index in [1.54, 1.807) is 0 Å². The van der Waals surface area contributed by atoms with Gasteiger partial charge in [0.05, 0.1) is 0 Å². The number of ketones is 1. The molecule has 4 saturated carbocycles. The second kappa shape index (κ2) is 4.58. The van der Waals surface area contributed by atoms with Gasteiger partial charge in [-0.05, 0) is 80.5 Å². The van der Waals surface area contributed by atoms with Gasteiger partial charge in [-0.2, -0.15) is 0 Å². The summed E-state index contributed by atoms with van der Waals surface area (Å²) < 4.78 is 0. The van der Waals surface area contributed by atoms with E-state index in [-0.39, 0.29) is 5.41 Å². The average Bonchev–Trinajstić information content (AvgIpc) is 2.73. The zero-order valence-corrected chi connectivity index (χ0v) is 13.2. The molecule has 4 rings (SSSR count). The average molecular weight is 274 g/mol. The third kappa shape index (κ3) is 1.84. The number of fused-ring (bicyclic) bond motifs is 4. The molecule has 112 valence electrons. The minimum absolute atomic E-state index is 0.0793. The minimum Gasteiger partial charge on any atom is -0.299 e. The van der Waals surface area contributed by atoms with Crippen LogP contribution in [0.25, 0.3) is 0 Å². The molecule has 0 unspecified atom stereocenters. The Morgan fingerprint density at radius 3 is 2.65 bits per heavy atom. The van der Waals surface area contributed by atoms with Gasteiger partial charge in [0, 0.05) is 11.8 Å². The normalized spacial score (nSPS) is 55.0. The lowest BCUT2D eigenvalue weighted by Crippen LogP contribution is -2.46. The molecule has 4 fully saturated rings. The second-order valence-electron chi connectivity index (χ2n) is 8.86. The van der Waals surface area contributed by atoms with E-state index in [9.17, 15) is 4.79 Å². The molecule has 0 bridgehead atoms. The predicted octanol–water partition coefficient (Wildman–Crippen LogP) is 4.84. The number of rotatable bonds is 0. The van der Waals surface area contributed by atoms with Crippen molar-refractivity contribution in [3.8, 4) is 0 Å². The van der Waals surface area contributed by atoms with Crippen LogP contribution in [-0.4, -0.2) is 5.78 Å². The molecule has 0 N–H and O–H groups in total. The van der Waals surface area contributed by atoms with E-state index in [1.165, 1.54) is 51.4 Å². The Morgan fingerprint density at radius 2 is 1.80 bits per heavy atom. The molecule has 0 amide bonds. The van der Waals surface area contributed by atoms with Gasteiger partial charge in [0.2, 0.25) is 0 Å². The first kappa shape index (κ1) is 13.3. The third-order valence-electron chi connectivity index (χ3n) is 7.88. The molecular formula is C19H30O. The van der Waals surface area contributed by atoms with Crippen LogP contribution in [-0.2, 0) is 4.79 Å². The molecule has 4 aliphatic rings. The second-order valence-corrected chi connectivity index (χ2v) is 8.86. The molecule has 1 heteroatoms. The van der Waals surface area contributed by atoms with Crippen molar-refractivity contribution >= 4 is 5.78 Å². The van der Waals surface area contributed by atoms with Crippen molar-refractivity contribution in [2.45, 2.75) is 71.6 Å². The van der Waals surface area contributed by atoms with Crippen LogP contribution in [0.3, 0.4) is 0 Å². The summed E-state index contributed by atoms with van der Waals surface area (Å²) in [5.74, 6) is 6.21. The Balaban J connectivity index is 1.56. The van der Waals surface area contributed by atoms with Crippen LogP contribution in [0.1, 0.15) is 71.6 Å². The summed E-state index contributed by atoms with van der Waals surface area (Å²) in [6.07, 6.45) is 12.0. The van der Waals surface area contributed by atoms with Crippen LogP contribution in [0.5, 0.6) is 0 Å². The summed E-state index contributed by atoms with van der Waals surface area (Å²) >= 11 is 0. The van der Waals surface area contributed by atoms with Gasteiger partial charge in [-0.25, -0.2) is 0 Å². The van der Waals surface area contributed by atoms with E-state index in [4.69, 9.17) is 0 Å². The number of carbonyl (C=O) groups is 1. The zero-order chi connectivity index (χ0) is 13.9. The van der Waals surface area contributed by atoms with Crippen molar-refractivity contribution in [1.82, 2.24) is 0 Å². The van der Waals surface area contributed by atoms with Crippen LogP contribution in [0, 0.1) is 40.9 Å². The Morgan fingerprint density at radius 1 is 0.950 bits per heavy atom. The lowest BCUT2D eigenvalue weighted by molar-refractivity contribution is -0.132. The minimum atomic E-state index is 0.0793. The van der Waals surface area contributed by atoms with Crippen LogP contribution in [0.4, 0.5) is 0 Å². The highest BCUT2D eigenvalue weighted by atomic mass is 16.1. The van der Waals surface area contributed by atoms with Crippen LogP contribution in [0.15, 0.2) is 0 Å². The fourth-order valence-corrected chi connectivity index (χ4v) is 6.68. The van der Waals surface area contributed by atoms with Gasteiger partial charge in [0.1, 0.15) is 5.78 Å². The first-order valence-electron chi connectivity index (χ1n) is 9.11. The number of Topliss-reactive ketones (excluding diaryl/α,β-unsaturated/α-hetero) is 1. The molecule has 1 nitrogen and oxygen atoms in total. The first-order chi connectivity index (χ1) is 9.58.